The fraction of sp³-hybridized carbons (Fsp3) is 0.529. The molecule has 0 aromatic heterocycles. The number of carbonyl (C=O) groups is 2. The minimum absolute atomic E-state index is 0.0184. The Morgan fingerprint density at radius 1 is 1.29 bits per heavy atom. The van der Waals surface area contributed by atoms with Crippen LogP contribution in [0, 0.1) is 5.41 Å². The highest BCUT2D eigenvalue weighted by molar-refractivity contribution is 6.31. The number of nitrogens with zero attached hydrogens (tertiary/aromatic N) is 2. The van der Waals surface area contributed by atoms with E-state index in [1.807, 2.05) is 26.8 Å². The highest BCUT2D eigenvalue weighted by Gasteiger charge is 2.40. The zero-order valence-corrected chi connectivity index (χ0v) is 14.9. The number of hydrogen-bond donors (Lipinski definition) is 0. The summed E-state index contributed by atoms with van der Waals surface area (Å²) >= 11 is 6.34. The Morgan fingerprint density at radius 3 is 2.67 bits per heavy atom. The van der Waals surface area contributed by atoms with Gasteiger partial charge in [0.05, 0.1) is 24.3 Å². The third kappa shape index (κ3) is 2.96. The molecule has 0 unspecified atom stereocenters. The predicted octanol–water partition coefficient (Wildman–Crippen LogP) is 2.78. The molecule has 0 atom stereocenters. The number of benzene rings is 1. The van der Waals surface area contributed by atoms with Gasteiger partial charge in [-0.15, -0.1) is 0 Å². The molecule has 1 saturated heterocycles. The van der Waals surface area contributed by atoms with Crippen LogP contribution in [0.25, 0.3) is 0 Å². The maximum atomic E-state index is 12.3. The third-order valence-corrected chi connectivity index (χ3v) is 4.57. The standard InChI is InChI=1S/C17H21ClN2O4/c1-4-5-19-13-6-11(8-20-16(22)17(2,3)10-24-20)12(18)7-14(13)23-9-15(19)21/h6-7H,4-5,8-10H2,1-3H3. The number of fused-ring (bicyclic) bond motifs is 1. The molecular weight excluding hydrogens is 332 g/mol. The highest BCUT2D eigenvalue weighted by Crippen LogP contribution is 2.38. The van der Waals surface area contributed by atoms with Crippen molar-refractivity contribution in [2.24, 2.45) is 5.41 Å². The highest BCUT2D eigenvalue weighted by atomic mass is 35.5. The molecule has 0 radical (unpaired) electrons. The summed E-state index contributed by atoms with van der Waals surface area (Å²) < 4.78 is 5.48. The molecule has 0 saturated carbocycles. The first-order valence-corrected chi connectivity index (χ1v) is 8.41. The van der Waals surface area contributed by atoms with Crippen molar-refractivity contribution < 1.29 is 19.2 Å². The molecule has 1 aromatic carbocycles. The van der Waals surface area contributed by atoms with Crippen LogP contribution in [0.1, 0.15) is 32.8 Å². The van der Waals surface area contributed by atoms with Crippen molar-refractivity contribution in [2.45, 2.75) is 33.7 Å². The van der Waals surface area contributed by atoms with E-state index >= 15 is 0 Å². The van der Waals surface area contributed by atoms with Crippen molar-refractivity contribution in [3.63, 3.8) is 0 Å². The topological polar surface area (TPSA) is 59.1 Å². The van der Waals surface area contributed by atoms with Gasteiger partial charge in [0.1, 0.15) is 5.75 Å². The number of carbonyl (C=O) groups excluding carboxylic acids is 2. The Kier molecular flexibility index (Phi) is 4.44. The van der Waals surface area contributed by atoms with E-state index in [0.29, 0.717) is 29.6 Å². The quantitative estimate of drug-likeness (QED) is 0.836. The summed E-state index contributed by atoms with van der Waals surface area (Å²) in [6, 6.07) is 3.51. The van der Waals surface area contributed by atoms with Crippen molar-refractivity contribution in [1.29, 1.82) is 0 Å². The summed E-state index contributed by atoms with van der Waals surface area (Å²) in [5, 5.41) is 1.82. The van der Waals surface area contributed by atoms with E-state index in [1.54, 1.807) is 11.0 Å². The van der Waals surface area contributed by atoms with Gasteiger partial charge in [0.25, 0.3) is 11.8 Å². The number of ether oxygens (including phenoxy) is 1. The number of rotatable bonds is 4. The molecule has 7 heteroatoms. The molecule has 0 spiro atoms. The summed E-state index contributed by atoms with van der Waals surface area (Å²) in [4.78, 5) is 31.6. The molecule has 2 aliphatic heterocycles. The molecule has 6 nitrogen and oxygen atoms in total. The summed E-state index contributed by atoms with van der Waals surface area (Å²) in [6.07, 6.45) is 0.838. The maximum absolute atomic E-state index is 12.3. The monoisotopic (exact) mass is 352 g/mol. The van der Waals surface area contributed by atoms with Gasteiger partial charge in [-0.3, -0.25) is 14.4 Å². The van der Waals surface area contributed by atoms with Gasteiger partial charge in [-0.25, -0.2) is 5.06 Å². The number of hydroxylamine groups is 2. The molecule has 0 bridgehead atoms. The van der Waals surface area contributed by atoms with Crippen LogP contribution < -0.4 is 9.64 Å². The normalized spacial score (nSPS) is 19.5. The fourth-order valence-electron chi connectivity index (χ4n) is 2.82. The van der Waals surface area contributed by atoms with Crippen molar-refractivity contribution in [3.05, 3.63) is 22.7 Å². The van der Waals surface area contributed by atoms with Crippen molar-refractivity contribution in [1.82, 2.24) is 5.06 Å². The van der Waals surface area contributed by atoms with Crippen molar-refractivity contribution in [2.75, 3.05) is 24.7 Å². The zero-order valence-electron chi connectivity index (χ0n) is 14.1. The van der Waals surface area contributed by atoms with Crippen LogP contribution in [-0.2, 0) is 21.0 Å². The van der Waals surface area contributed by atoms with Crippen LogP contribution >= 0.6 is 11.6 Å². The lowest BCUT2D eigenvalue weighted by Crippen LogP contribution is -2.39. The van der Waals surface area contributed by atoms with Crippen molar-refractivity contribution >= 4 is 29.1 Å². The second-order valence-electron chi connectivity index (χ2n) is 6.74. The molecule has 2 aliphatic rings. The third-order valence-electron chi connectivity index (χ3n) is 4.22. The van der Waals surface area contributed by atoms with E-state index in [1.165, 1.54) is 5.06 Å². The van der Waals surface area contributed by atoms with E-state index in [0.717, 1.165) is 12.0 Å². The van der Waals surface area contributed by atoms with Gasteiger partial charge in [-0.2, -0.15) is 0 Å². The molecule has 1 aromatic rings. The minimum atomic E-state index is -0.534. The van der Waals surface area contributed by atoms with Gasteiger partial charge >= 0.3 is 0 Å². The van der Waals surface area contributed by atoms with E-state index in [4.69, 9.17) is 21.2 Å². The Morgan fingerprint density at radius 2 is 2.04 bits per heavy atom. The van der Waals surface area contributed by atoms with Gasteiger partial charge in [0.2, 0.25) is 0 Å². The summed E-state index contributed by atoms with van der Waals surface area (Å²) in [6.45, 7) is 6.92. The molecular formula is C17H21ClN2O4. The predicted molar refractivity (Wildman–Crippen MR) is 89.9 cm³/mol. The second-order valence-corrected chi connectivity index (χ2v) is 7.15. The first-order chi connectivity index (χ1) is 11.3. The number of amides is 2. The molecule has 24 heavy (non-hydrogen) atoms. The molecule has 2 heterocycles. The first-order valence-electron chi connectivity index (χ1n) is 8.04. The minimum Gasteiger partial charge on any atom is -0.482 e. The second kappa shape index (κ2) is 6.26. The smallest absolute Gasteiger partial charge is 0.265 e. The van der Waals surface area contributed by atoms with Crippen LogP contribution in [0.4, 0.5) is 5.69 Å². The van der Waals surface area contributed by atoms with E-state index < -0.39 is 5.41 Å². The molecule has 0 aliphatic carbocycles. The lowest BCUT2D eigenvalue weighted by atomic mass is 9.95. The lowest BCUT2D eigenvalue weighted by molar-refractivity contribution is -0.165. The molecule has 130 valence electrons. The van der Waals surface area contributed by atoms with Crippen LogP contribution in [-0.4, -0.2) is 36.6 Å². The Bertz CT molecular complexity index is 689. The van der Waals surface area contributed by atoms with Crippen molar-refractivity contribution in [3.8, 4) is 5.75 Å². The van der Waals surface area contributed by atoms with Gasteiger partial charge in [0, 0.05) is 17.6 Å². The van der Waals surface area contributed by atoms with E-state index in [9.17, 15) is 9.59 Å². The number of anilines is 1. The summed E-state index contributed by atoms with van der Waals surface area (Å²) in [7, 11) is 0. The molecule has 0 N–H and O–H groups in total. The summed E-state index contributed by atoms with van der Waals surface area (Å²) in [5.41, 5.74) is 0.882. The van der Waals surface area contributed by atoms with Gasteiger partial charge in [-0.1, -0.05) is 18.5 Å². The largest absolute Gasteiger partial charge is 0.482 e. The Labute approximate surface area is 146 Å². The Balaban J connectivity index is 1.90. The number of hydrogen-bond acceptors (Lipinski definition) is 4. The first kappa shape index (κ1) is 17.0. The van der Waals surface area contributed by atoms with Crippen LogP contribution in [0.2, 0.25) is 5.02 Å². The van der Waals surface area contributed by atoms with E-state index in [2.05, 4.69) is 0 Å². The average molecular weight is 353 g/mol. The van der Waals surface area contributed by atoms with Crippen LogP contribution in [0.3, 0.4) is 0 Å². The number of halogens is 1. The van der Waals surface area contributed by atoms with Gasteiger partial charge < -0.3 is 9.64 Å². The molecule has 2 amide bonds. The van der Waals surface area contributed by atoms with Gasteiger partial charge in [0.15, 0.2) is 6.61 Å². The summed E-state index contributed by atoms with van der Waals surface area (Å²) in [5.74, 6) is 0.437. The zero-order chi connectivity index (χ0) is 17.5. The molecule has 3 rings (SSSR count). The van der Waals surface area contributed by atoms with Gasteiger partial charge in [-0.05, 0) is 31.9 Å². The van der Waals surface area contributed by atoms with E-state index in [-0.39, 0.29) is 25.0 Å². The molecule has 1 fully saturated rings. The lowest BCUT2D eigenvalue weighted by Gasteiger charge is -2.30. The average Bonchev–Trinajstić information content (AvgIpc) is 2.78. The maximum Gasteiger partial charge on any atom is 0.265 e. The van der Waals surface area contributed by atoms with Crippen LogP contribution in [0.15, 0.2) is 12.1 Å². The van der Waals surface area contributed by atoms with Crippen LogP contribution in [0.5, 0.6) is 5.75 Å². The Hall–Kier alpha value is -1.79. The fourth-order valence-corrected chi connectivity index (χ4v) is 3.04. The SMILES string of the molecule is CCCN1C(=O)COc2cc(Cl)c(CN3OCC(C)(C)C3=O)cc21.